The Hall–Kier alpha value is -3.36. The molecule has 33 heavy (non-hydrogen) atoms. The summed E-state index contributed by atoms with van der Waals surface area (Å²) < 4.78 is 28.3. The third kappa shape index (κ3) is 6.12. The van der Waals surface area contributed by atoms with Crippen molar-refractivity contribution >= 4 is 44.8 Å². The fourth-order valence-corrected chi connectivity index (χ4v) is 4.59. The van der Waals surface area contributed by atoms with Gasteiger partial charge in [-0.05, 0) is 63.2 Å². The van der Waals surface area contributed by atoms with Crippen molar-refractivity contribution in [1.29, 1.82) is 0 Å². The molecule has 7 nitrogen and oxygen atoms in total. The van der Waals surface area contributed by atoms with E-state index >= 15 is 0 Å². The van der Waals surface area contributed by atoms with Crippen molar-refractivity contribution in [2.45, 2.75) is 31.7 Å². The number of halogens is 1. The van der Waals surface area contributed by atoms with E-state index in [1.807, 2.05) is 20.8 Å². The number of anilines is 2. The smallest absolute Gasteiger partial charge is 0.263 e. The summed E-state index contributed by atoms with van der Waals surface area (Å²) in [5, 5.41) is 5.43. The van der Waals surface area contributed by atoms with Crippen molar-refractivity contribution in [2.24, 2.45) is 0 Å². The van der Waals surface area contributed by atoms with Gasteiger partial charge in [-0.1, -0.05) is 41.4 Å². The molecule has 2 amide bonds. The Morgan fingerprint density at radius 1 is 0.909 bits per heavy atom. The molecule has 0 saturated carbocycles. The van der Waals surface area contributed by atoms with E-state index in [4.69, 9.17) is 11.6 Å². The second-order valence-corrected chi connectivity index (χ2v) is 9.80. The lowest BCUT2D eigenvalue weighted by Gasteiger charge is -2.14. The summed E-state index contributed by atoms with van der Waals surface area (Å²) in [6, 6.07) is 17.3. The van der Waals surface area contributed by atoms with E-state index in [1.54, 1.807) is 48.5 Å². The Bertz CT molecular complexity index is 1290. The van der Waals surface area contributed by atoms with E-state index in [9.17, 15) is 18.0 Å². The monoisotopic (exact) mass is 485 g/mol. The Morgan fingerprint density at radius 2 is 1.58 bits per heavy atom. The summed E-state index contributed by atoms with van der Waals surface area (Å²) in [6.45, 7) is 5.56. The van der Waals surface area contributed by atoms with Crippen LogP contribution in [-0.2, 0) is 10.0 Å². The van der Waals surface area contributed by atoms with E-state index in [1.165, 1.54) is 18.2 Å². The SMILES string of the molecule is Cc1ccc(NS(=O)(=O)c2cc(C(=O)Nc3ccccc3C(=O)NC(C)C)ccc2Cl)cc1. The average molecular weight is 486 g/mol. The number of amides is 2. The minimum atomic E-state index is -4.05. The Labute approximate surface area is 198 Å². The minimum absolute atomic E-state index is 0.0251. The molecule has 172 valence electrons. The molecule has 3 aromatic rings. The lowest BCUT2D eigenvalue weighted by molar-refractivity contribution is 0.0944. The second kappa shape index (κ2) is 10.1. The van der Waals surface area contributed by atoms with Crippen LogP contribution in [0.1, 0.15) is 40.1 Å². The zero-order valence-electron chi connectivity index (χ0n) is 18.3. The van der Waals surface area contributed by atoms with Gasteiger partial charge in [-0.3, -0.25) is 14.3 Å². The highest BCUT2D eigenvalue weighted by Gasteiger charge is 2.21. The number of nitrogens with one attached hydrogen (secondary N) is 3. The predicted octanol–water partition coefficient (Wildman–Crippen LogP) is 4.84. The first-order valence-corrected chi connectivity index (χ1v) is 12.0. The number of aryl methyl sites for hydroxylation is 1. The number of sulfonamides is 1. The third-order valence-electron chi connectivity index (χ3n) is 4.63. The second-order valence-electron chi connectivity index (χ2n) is 7.74. The van der Waals surface area contributed by atoms with Crippen molar-refractivity contribution in [3.8, 4) is 0 Å². The average Bonchev–Trinajstić information content (AvgIpc) is 2.75. The van der Waals surface area contributed by atoms with Crippen LogP contribution in [0.2, 0.25) is 5.02 Å². The van der Waals surface area contributed by atoms with Crippen molar-refractivity contribution in [2.75, 3.05) is 10.0 Å². The zero-order valence-corrected chi connectivity index (χ0v) is 19.9. The standard InChI is InChI=1S/C24H24ClN3O4S/c1-15(2)26-24(30)19-6-4-5-7-21(19)27-23(29)17-10-13-20(25)22(14-17)33(31,32)28-18-11-8-16(3)9-12-18/h4-15,28H,1-3H3,(H,26,30)(H,27,29). The topological polar surface area (TPSA) is 104 Å². The van der Waals surface area contributed by atoms with E-state index in [0.29, 0.717) is 16.9 Å². The first-order chi connectivity index (χ1) is 15.6. The minimum Gasteiger partial charge on any atom is -0.350 e. The van der Waals surface area contributed by atoms with E-state index in [2.05, 4.69) is 15.4 Å². The summed E-state index contributed by atoms with van der Waals surface area (Å²) in [6.07, 6.45) is 0. The molecular formula is C24H24ClN3O4S. The molecule has 0 aromatic heterocycles. The third-order valence-corrected chi connectivity index (χ3v) is 6.49. The van der Waals surface area contributed by atoms with Crippen LogP contribution in [0, 0.1) is 6.92 Å². The molecular weight excluding hydrogens is 462 g/mol. The predicted molar refractivity (Wildman–Crippen MR) is 130 cm³/mol. The normalized spacial score (nSPS) is 11.2. The van der Waals surface area contributed by atoms with Gasteiger partial charge in [0.15, 0.2) is 0 Å². The van der Waals surface area contributed by atoms with Crippen LogP contribution in [0.3, 0.4) is 0 Å². The first kappa shape index (κ1) is 24.3. The first-order valence-electron chi connectivity index (χ1n) is 10.2. The van der Waals surface area contributed by atoms with E-state index in [0.717, 1.165) is 5.56 Å². The molecule has 0 unspecified atom stereocenters. The number of para-hydroxylation sites is 1. The molecule has 0 atom stereocenters. The highest BCUT2D eigenvalue weighted by atomic mass is 35.5. The lowest BCUT2D eigenvalue weighted by Crippen LogP contribution is -2.31. The maximum Gasteiger partial charge on any atom is 0.263 e. The molecule has 0 heterocycles. The fourth-order valence-electron chi connectivity index (χ4n) is 3.01. The summed E-state index contributed by atoms with van der Waals surface area (Å²) in [4.78, 5) is 25.1. The molecule has 0 fully saturated rings. The Morgan fingerprint density at radius 3 is 2.24 bits per heavy atom. The number of hydrogen-bond acceptors (Lipinski definition) is 4. The molecule has 0 spiro atoms. The molecule has 9 heteroatoms. The van der Waals surface area contributed by atoms with Gasteiger partial charge in [-0.2, -0.15) is 0 Å². The van der Waals surface area contributed by atoms with Crippen molar-refractivity contribution in [1.82, 2.24) is 5.32 Å². The van der Waals surface area contributed by atoms with Crippen LogP contribution in [-0.4, -0.2) is 26.3 Å². The highest BCUT2D eigenvalue weighted by Crippen LogP contribution is 2.26. The van der Waals surface area contributed by atoms with Crippen LogP contribution in [0.15, 0.2) is 71.6 Å². The van der Waals surface area contributed by atoms with Crippen LogP contribution < -0.4 is 15.4 Å². The highest BCUT2D eigenvalue weighted by molar-refractivity contribution is 7.92. The van der Waals surface area contributed by atoms with Gasteiger partial charge < -0.3 is 10.6 Å². The molecule has 3 N–H and O–H groups in total. The summed E-state index contributed by atoms with van der Waals surface area (Å²) in [5.74, 6) is -0.911. The maximum atomic E-state index is 12.9. The van der Waals surface area contributed by atoms with Crippen LogP contribution in [0.25, 0.3) is 0 Å². The van der Waals surface area contributed by atoms with Gasteiger partial charge in [0, 0.05) is 17.3 Å². The number of benzene rings is 3. The largest absolute Gasteiger partial charge is 0.350 e. The van der Waals surface area contributed by atoms with Crippen molar-refractivity contribution in [3.63, 3.8) is 0 Å². The number of carbonyl (C=O) groups is 2. The summed E-state index contributed by atoms with van der Waals surface area (Å²) in [7, 11) is -4.05. The number of carbonyl (C=O) groups excluding carboxylic acids is 2. The molecule has 3 rings (SSSR count). The molecule has 0 saturated heterocycles. The summed E-state index contributed by atoms with van der Waals surface area (Å²) >= 11 is 6.15. The van der Waals surface area contributed by atoms with Crippen LogP contribution in [0.4, 0.5) is 11.4 Å². The van der Waals surface area contributed by atoms with Crippen molar-refractivity contribution < 1.29 is 18.0 Å². The van der Waals surface area contributed by atoms with Gasteiger partial charge >= 0.3 is 0 Å². The van der Waals surface area contributed by atoms with Gasteiger partial charge in [0.1, 0.15) is 4.90 Å². The van der Waals surface area contributed by atoms with Gasteiger partial charge in [0.2, 0.25) is 0 Å². The van der Waals surface area contributed by atoms with E-state index in [-0.39, 0.29) is 27.4 Å². The Kier molecular flexibility index (Phi) is 7.40. The van der Waals surface area contributed by atoms with Gasteiger partial charge in [0.25, 0.3) is 21.8 Å². The number of hydrogen-bond donors (Lipinski definition) is 3. The molecule has 0 aliphatic rings. The van der Waals surface area contributed by atoms with Gasteiger partial charge in [-0.15, -0.1) is 0 Å². The fraction of sp³-hybridized carbons (Fsp3) is 0.167. The van der Waals surface area contributed by atoms with Crippen LogP contribution >= 0.6 is 11.6 Å². The zero-order chi connectivity index (χ0) is 24.2. The lowest BCUT2D eigenvalue weighted by atomic mass is 10.1. The van der Waals surface area contributed by atoms with E-state index < -0.39 is 15.9 Å². The molecule has 0 radical (unpaired) electrons. The molecule has 3 aromatic carbocycles. The summed E-state index contributed by atoms with van der Waals surface area (Å²) in [5.41, 5.74) is 2.02. The molecule has 0 aliphatic carbocycles. The molecule has 0 bridgehead atoms. The quantitative estimate of drug-likeness (QED) is 0.445. The number of rotatable bonds is 7. The van der Waals surface area contributed by atoms with Gasteiger partial charge in [0.05, 0.1) is 16.3 Å². The van der Waals surface area contributed by atoms with Crippen LogP contribution in [0.5, 0.6) is 0 Å². The molecule has 0 aliphatic heterocycles. The maximum absolute atomic E-state index is 12.9. The van der Waals surface area contributed by atoms with Crippen molar-refractivity contribution in [3.05, 3.63) is 88.4 Å². The van der Waals surface area contributed by atoms with Gasteiger partial charge in [-0.25, -0.2) is 8.42 Å². The Balaban J connectivity index is 1.87.